The number of hydrazone groups is 1. The molecule has 0 bridgehead atoms. The molecule has 0 N–H and O–H groups in total. The van der Waals surface area contributed by atoms with E-state index in [1.807, 2.05) is 79.7 Å². The molecular formula is C28H24Br2N2O3S. The van der Waals surface area contributed by atoms with Gasteiger partial charge < -0.3 is 4.74 Å². The summed E-state index contributed by atoms with van der Waals surface area (Å²) in [5, 5.41) is 4.40. The first-order chi connectivity index (χ1) is 17.3. The van der Waals surface area contributed by atoms with E-state index >= 15 is 0 Å². The average Bonchev–Trinajstić information content (AvgIpc) is 2.87. The zero-order valence-corrected chi connectivity index (χ0v) is 23.5. The van der Waals surface area contributed by atoms with Gasteiger partial charge in [0.1, 0.15) is 11.5 Å². The fraction of sp³-hybridized carbons (Fsp3) is 0.107. The van der Waals surface area contributed by atoms with Crippen molar-refractivity contribution in [3.8, 4) is 11.5 Å². The predicted molar refractivity (Wildman–Crippen MR) is 151 cm³/mol. The maximum Gasteiger partial charge on any atom is 0.279 e. The Bertz CT molecular complexity index is 1440. The highest BCUT2D eigenvalue weighted by atomic mass is 79.9. The van der Waals surface area contributed by atoms with Crippen molar-refractivity contribution in [1.29, 1.82) is 0 Å². The molecule has 0 aliphatic carbocycles. The Morgan fingerprint density at radius 1 is 0.861 bits per heavy atom. The van der Waals surface area contributed by atoms with Crippen molar-refractivity contribution in [2.24, 2.45) is 5.10 Å². The van der Waals surface area contributed by atoms with Gasteiger partial charge in [0.05, 0.1) is 17.7 Å². The zero-order valence-electron chi connectivity index (χ0n) is 19.5. The van der Waals surface area contributed by atoms with Gasteiger partial charge in [0, 0.05) is 8.95 Å². The summed E-state index contributed by atoms with van der Waals surface area (Å²) in [6.45, 7) is 2.10. The van der Waals surface area contributed by atoms with E-state index in [1.54, 1.807) is 30.5 Å². The number of para-hydroxylation sites is 1. The van der Waals surface area contributed by atoms with Crippen molar-refractivity contribution in [2.45, 2.75) is 18.2 Å². The van der Waals surface area contributed by atoms with E-state index in [0.29, 0.717) is 12.2 Å². The normalized spacial score (nSPS) is 11.5. The lowest BCUT2D eigenvalue weighted by Gasteiger charge is -2.20. The van der Waals surface area contributed by atoms with E-state index in [2.05, 4.69) is 37.0 Å². The Kier molecular flexibility index (Phi) is 8.61. The second kappa shape index (κ2) is 11.9. The van der Waals surface area contributed by atoms with Gasteiger partial charge in [0.25, 0.3) is 10.0 Å². The zero-order chi connectivity index (χ0) is 25.5. The molecule has 0 saturated heterocycles. The Morgan fingerprint density at radius 3 is 2.22 bits per heavy atom. The first kappa shape index (κ1) is 26.1. The molecule has 184 valence electrons. The number of sulfonamides is 1. The molecule has 0 saturated carbocycles. The van der Waals surface area contributed by atoms with Crippen LogP contribution in [0.15, 0.2) is 116 Å². The Morgan fingerprint density at radius 2 is 1.53 bits per heavy atom. The number of ether oxygens (including phenoxy) is 1. The fourth-order valence-electron chi connectivity index (χ4n) is 3.40. The monoisotopic (exact) mass is 626 g/mol. The van der Waals surface area contributed by atoms with E-state index in [9.17, 15) is 8.42 Å². The second-order valence-corrected chi connectivity index (χ2v) is 11.7. The largest absolute Gasteiger partial charge is 0.457 e. The number of aryl methyl sites for hydroxylation is 1. The molecule has 0 amide bonds. The van der Waals surface area contributed by atoms with E-state index in [4.69, 9.17) is 4.74 Å². The Hall–Kier alpha value is -2.94. The molecule has 0 aromatic heterocycles. The molecule has 36 heavy (non-hydrogen) atoms. The van der Waals surface area contributed by atoms with Crippen molar-refractivity contribution < 1.29 is 13.2 Å². The van der Waals surface area contributed by atoms with E-state index < -0.39 is 10.0 Å². The molecule has 0 fully saturated rings. The van der Waals surface area contributed by atoms with Gasteiger partial charge in [-0.1, -0.05) is 67.8 Å². The summed E-state index contributed by atoms with van der Waals surface area (Å²) in [4.78, 5) is 0.199. The Labute approximate surface area is 228 Å². The van der Waals surface area contributed by atoms with Crippen LogP contribution in [0.25, 0.3) is 0 Å². The third-order valence-corrected chi connectivity index (χ3v) is 8.34. The molecule has 8 heteroatoms. The van der Waals surface area contributed by atoms with E-state index in [1.165, 1.54) is 0 Å². The summed E-state index contributed by atoms with van der Waals surface area (Å²) in [7, 11) is -3.85. The second-order valence-electron chi connectivity index (χ2n) is 8.08. The van der Waals surface area contributed by atoms with Crippen molar-refractivity contribution in [2.75, 3.05) is 6.54 Å². The van der Waals surface area contributed by atoms with Crippen LogP contribution in [0.4, 0.5) is 0 Å². The summed E-state index contributed by atoms with van der Waals surface area (Å²) in [6.07, 6.45) is 2.03. The Balaban J connectivity index is 1.56. The van der Waals surface area contributed by atoms with Crippen LogP contribution < -0.4 is 4.74 Å². The molecule has 0 spiro atoms. The molecule has 4 aromatic carbocycles. The summed E-state index contributed by atoms with van der Waals surface area (Å²) < 4.78 is 35.8. The minimum Gasteiger partial charge on any atom is -0.457 e. The van der Waals surface area contributed by atoms with E-state index in [-0.39, 0.29) is 11.4 Å². The van der Waals surface area contributed by atoms with Gasteiger partial charge in [-0.2, -0.15) is 17.9 Å². The van der Waals surface area contributed by atoms with Crippen LogP contribution in [0.3, 0.4) is 0 Å². The molecule has 0 unspecified atom stereocenters. The van der Waals surface area contributed by atoms with Crippen LogP contribution in [0.2, 0.25) is 0 Å². The molecule has 0 aliphatic heterocycles. The summed E-state index contributed by atoms with van der Waals surface area (Å²) in [6, 6.07) is 29.4. The molecule has 0 heterocycles. The standard InChI is InChI=1S/C28H24Br2N2O3S/c1-21-7-14-27(15-8-21)36(33,34)32(18-17-23-19-24(29)11-16-28(23)30)31-20-22-9-12-26(13-10-22)35-25-5-3-2-4-6-25/h2-16,19-20H,17-18H2,1H3/b31-20+. The van der Waals surface area contributed by atoms with Crippen LogP contribution in [0, 0.1) is 6.92 Å². The van der Waals surface area contributed by atoms with Crippen molar-refractivity contribution in [3.63, 3.8) is 0 Å². The predicted octanol–water partition coefficient (Wildman–Crippen LogP) is 7.58. The fourth-order valence-corrected chi connectivity index (χ4v) is 5.48. The third-order valence-electron chi connectivity index (χ3n) is 5.37. The summed E-state index contributed by atoms with van der Waals surface area (Å²) in [5.41, 5.74) is 2.72. The van der Waals surface area contributed by atoms with Gasteiger partial charge in [-0.15, -0.1) is 0 Å². The molecular weight excluding hydrogens is 604 g/mol. The van der Waals surface area contributed by atoms with Crippen molar-refractivity contribution in [3.05, 3.63) is 123 Å². The minimum atomic E-state index is -3.85. The number of nitrogens with zero attached hydrogens (tertiary/aromatic N) is 2. The smallest absolute Gasteiger partial charge is 0.279 e. The average molecular weight is 628 g/mol. The highest BCUT2D eigenvalue weighted by Crippen LogP contribution is 2.24. The number of hydrogen-bond acceptors (Lipinski definition) is 4. The van der Waals surface area contributed by atoms with Crippen LogP contribution in [-0.4, -0.2) is 25.6 Å². The number of benzene rings is 4. The van der Waals surface area contributed by atoms with Crippen LogP contribution >= 0.6 is 31.9 Å². The molecule has 0 atom stereocenters. The van der Waals surface area contributed by atoms with Gasteiger partial charge in [-0.3, -0.25) is 0 Å². The van der Waals surface area contributed by atoms with Crippen molar-refractivity contribution in [1.82, 2.24) is 4.41 Å². The number of halogens is 2. The minimum absolute atomic E-state index is 0.178. The molecule has 0 radical (unpaired) electrons. The number of hydrogen-bond donors (Lipinski definition) is 0. The van der Waals surface area contributed by atoms with Gasteiger partial charge >= 0.3 is 0 Å². The topological polar surface area (TPSA) is 59.0 Å². The van der Waals surface area contributed by atoms with Crippen LogP contribution in [0.5, 0.6) is 11.5 Å². The quantitative estimate of drug-likeness (QED) is 0.142. The molecule has 5 nitrogen and oxygen atoms in total. The first-order valence-corrected chi connectivity index (χ1v) is 14.2. The highest BCUT2D eigenvalue weighted by Gasteiger charge is 2.23. The lowest BCUT2D eigenvalue weighted by atomic mass is 10.1. The lowest BCUT2D eigenvalue weighted by molar-refractivity contribution is 0.435. The van der Waals surface area contributed by atoms with E-state index in [0.717, 1.165) is 35.8 Å². The maximum atomic E-state index is 13.5. The SMILES string of the molecule is Cc1ccc(S(=O)(=O)N(CCc2cc(Br)ccc2Br)/N=C/c2ccc(Oc3ccccc3)cc2)cc1. The van der Waals surface area contributed by atoms with Gasteiger partial charge in [-0.05, 0) is 91.2 Å². The molecule has 0 aliphatic rings. The third kappa shape index (κ3) is 6.84. The maximum absolute atomic E-state index is 13.5. The van der Waals surface area contributed by atoms with Crippen molar-refractivity contribution >= 4 is 48.1 Å². The summed E-state index contributed by atoms with van der Waals surface area (Å²) in [5.74, 6) is 1.43. The number of rotatable bonds is 9. The van der Waals surface area contributed by atoms with Crippen LogP contribution in [-0.2, 0) is 16.4 Å². The van der Waals surface area contributed by atoms with Gasteiger partial charge in [0.2, 0.25) is 0 Å². The first-order valence-electron chi connectivity index (χ1n) is 11.2. The highest BCUT2D eigenvalue weighted by molar-refractivity contribution is 9.11. The van der Waals surface area contributed by atoms with Gasteiger partial charge in [0.15, 0.2) is 0 Å². The van der Waals surface area contributed by atoms with Crippen LogP contribution in [0.1, 0.15) is 16.7 Å². The summed E-state index contributed by atoms with van der Waals surface area (Å²) >= 11 is 7.03. The molecule has 4 rings (SSSR count). The van der Waals surface area contributed by atoms with Gasteiger partial charge in [-0.25, -0.2) is 0 Å². The lowest BCUT2D eigenvalue weighted by Crippen LogP contribution is -2.28. The molecule has 4 aromatic rings.